The van der Waals surface area contributed by atoms with Crippen LogP contribution in [0.25, 0.3) is 0 Å². The summed E-state index contributed by atoms with van der Waals surface area (Å²) >= 11 is 1.36. The molecule has 1 aliphatic rings. The number of hydrogen-bond donors (Lipinski definition) is 2. The Morgan fingerprint density at radius 1 is 1.47 bits per heavy atom. The molecule has 0 spiro atoms. The highest BCUT2D eigenvalue weighted by Gasteiger charge is 2.22. The van der Waals surface area contributed by atoms with E-state index in [1.807, 2.05) is 18.2 Å². The zero-order valence-electron chi connectivity index (χ0n) is 10.4. The summed E-state index contributed by atoms with van der Waals surface area (Å²) in [5.41, 5.74) is 10.7. The van der Waals surface area contributed by atoms with Gasteiger partial charge in [0, 0.05) is 5.69 Å². The van der Waals surface area contributed by atoms with Gasteiger partial charge in [-0.25, -0.2) is 0 Å². The third-order valence-corrected chi connectivity index (χ3v) is 4.21. The maximum absolute atomic E-state index is 12.1. The summed E-state index contributed by atoms with van der Waals surface area (Å²) in [6.45, 7) is 0. The quantitative estimate of drug-likeness (QED) is 0.826. The van der Waals surface area contributed by atoms with E-state index in [1.165, 1.54) is 22.5 Å². The van der Waals surface area contributed by atoms with E-state index in [9.17, 15) is 4.79 Å². The molecule has 1 atom stereocenters. The van der Waals surface area contributed by atoms with Crippen LogP contribution in [0.1, 0.15) is 39.7 Å². The van der Waals surface area contributed by atoms with Crippen LogP contribution in [0.15, 0.2) is 29.9 Å². The number of thiazole rings is 1. The maximum atomic E-state index is 12.1. The number of benzene rings is 1. The van der Waals surface area contributed by atoms with Gasteiger partial charge in [-0.15, -0.1) is 11.3 Å². The van der Waals surface area contributed by atoms with Crippen LogP contribution in [-0.4, -0.2) is 10.9 Å². The molecule has 0 saturated heterocycles. The van der Waals surface area contributed by atoms with E-state index in [1.54, 1.807) is 11.7 Å². The fraction of sp³-hybridized carbons (Fsp3) is 0.286. The van der Waals surface area contributed by atoms with Crippen molar-refractivity contribution in [3.63, 3.8) is 0 Å². The second kappa shape index (κ2) is 5.01. The first-order chi connectivity index (χ1) is 9.24. The van der Waals surface area contributed by atoms with Crippen molar-refractivity contribution < 1.29 is 4.79 Å². The number of fused-ring (bicyclic) bond motifs is 1. The van der Waals surface area contributed by atoms with Gasteiger partial charge >= 0.3 is 0 Å². The Bertz CT molecular complexity index is 595. The number of aryl methyl sites for hydroxylation is 1. The fourth-order valence-corrected chi connectivity index (χ4v) is 3.06. The lowest BCUT2D eigenvalue weighted by molar-refractivity contribution is 0.0936. The molecule has 1 aliphatic carbocycles. The van der Waals surface area contributed by atoms with Gasteiger partial charge in [-0.05, 0) is 42.5 Å². The van der Waals surface area contributed by atoms with Crippen LogP contribution >= 0.6 is 11.3 Å². The molecule has 0 bridgehead atoms. The smallest absolute Gasteiger partial charge is 0.263 e. The summed E-state index contributed by atoms with van der Waals surface area (Å²) in [4.78, 5) is 16.7. The minimum Gasteiger partial charge on any atom is -0.399 e. The predicted octanol–water partition coefficient (Wildman–Crippen LogP) is 2.53. The van der Waals surface area contributed by atoms with Crippen molar-refractivity contribution in [3.8, 4) is 0 Å². The van der Waals surface area contributed by atoms with Gasteiger partial charge in [0.1, 0.15) is 4.88 Å². The van der Waals surface area contributed by atoms with Crippen LogP contribution < -0.4 is 11.1 Å². The normalized spacial score (nSPS) is 17.8. The van der Waals surface area contributed by atoms with Crippen LogP contribution in [0.5, 0.6) is 0 Å². The van der Waals surface area contributed by atoms with Gasteiger partial charge < -0.3 is 11.1 Å². The molecular weight excluding hydrogens is 258 g/mol. The number of hydrogen-bond acceptors (Lipinski definition) is 4. The lowest BCUT2D eigenvalue weighted by Crippen LogP contribution is -2.30. The minimum atomic E-state index is -0.0443. The van der Waals surface area contributed by atoms with Gasteiger partial charge in [0.05, 0.1) is 17.7 Å². The van der Waals surface area contributed by atoms with E-state index >= 15 is 0 Å². The lowest BCUT2D eigenvalue weighted by Gasteiger charge is -2.26. The molecule has 1 aromatic heterocycles. The van der Waals surface area contributed by atoms with Crippen molar-refractivity contribution in [1.29, 1.82) is 0 Å². The fourth-order valence-electron chi connectivity index (χ4n) is 2.54. The lowest BCUT2D eigenvalue weighted by atomic mass is 9.87. The summed E-state index contributed by atoms with van der Waals surface area (Å²) in [6.07, 6.45) is 4.69. The monoisotopic (exact) mass is 273 g/mol. The molecule has 5 heteroatoms. The van der Waals surface area contributed by atoms with Crippen LogP contribution in [0.4, 0.5) is 5.69 Å². The second-order valence-electron chi connectivity index (χ2n) is 4.74. The Hall–Kier alpha value is -1.88. The van der Waals surface area contributed by atoms with Crippen molar-refractivity contribution >= 4 is 22.9 Å². The topological polar surface area (TPSA) is 68.0 Å². The molecule has 0 fully saturated rings. The first kappa shape index (κ1) is 12.2. The average Bonchev–Trinajstić information content (AvgIpc) is 2.92. The van der Waals surface area contributed by atoms with Gasteiger partial charge in [0.25, 0.3) is 5.91 Å². The van der Waals surface area contributed by atoms with E-state index in [0.29, 0.717) is 4.88 Å². The number of nitrogens with zero attached hydrogens (tertiary/aromatic N) is 1. The Morgan fingerprint density at radius 2 is 2.37 bits per heavy atom. The van der Waals surface area contributed by atoms with Gasteiger partial charge in [-0.2, -0.15) is 0 Å². The molecule has 1 heterocycles. The van der Waals surface area contributed by atoms with Crippen molar-refractivity contribution in [3.05, 3.63) is 45.9 Å². The Kier molecular flexibility index (Phi) is 3.21. The van der Waals surface area contributed by atoms with E-state index in [0.717, 1.165) is 24.9 Å². The molecule has 3 rings (SSSR count). The highest BCUT2D eigenvalue weighted by Crippen LogP contribution is 2.31. The summed E-state index contributed by atoms with van der Waals surface area (Å²) in [5.74, 6) is -0.0443. The van der Waals surface area contributed by atoms with Crippen LogP contribution in [0.2, 0.25) is 0 Å². The second-order valence-corrected chi connectivity index (χ2v) is 5.63. The van der Waals surface area contributed by atoms with Gasteiger partial charge in [0.15, 0.2) is 0 Å². The van der Waals surface area contributed by atoms with Crippen LogP contribution in [-0.2, 0) is 6.42 Å². The molecule has 0 radical (unpaired) electrons. The third kappa shape index (κ3) is 2.46. The summed E-state index contributed by atoms with van der Waals surface area (Å²) < 4.78 is 0. The number of nitrogen functional groups attached to an aromatic ring is 1. The highest BCUT2D eigenvalue weighted by molar-refractivity contribution is 7.11. The number of nitrogens with one attached hydrogen (secondary N) is 1. The van der Waals surface area contributed by atoms with Gasteiger partial charge in [0.2, 0.25) is 0 Å². The zero-order chi connectivity index (χ0) is 13.2. The number of carbonyl (C=O) groups is 1. The van der Waals surface area contributed by atoms with E-state index in [4.69, 9.17) is 5.73 Å². The van der Waals surface area contributed by atoms with Gasteiger partial charge in [-0.1, -0.05) is 6.07 Å². The molecule has 2 aromatic rings. The van der Waals surface area contributed by atoms with E-state index in [-0.39, 0.29) is 11.9 Å². The van der Waals surface area contributed by atoms with Gasteiger partial charge in [-0.3, -0.25) is 9.78 Å². The SMILES string of the molecule is Nc1ccc2c(c1)CCCC2NC(=O)c1cncs1. The molecule has 4 nitrogen and oxygen atoms in total. The molecule has 98 valence electrons. The Morgan fingerprint density at radius 3 is 3.16 bits per heavy atom. The molecule has 0 saturated carbocycles. The standard InChI is InChI=1S/C14H15N3OS/c15-10-4-5-11-9(6-10)2-1-3-12(11)17-14(18)13-7-16-8-19-13/h4-8,12H,1-3,15H2,(H,17,18). The molecule has 1 amide bonds. The minimum absolute atomic E-state index is 0.0443. The number of aromatic nitrogens is 1. The Balaban J connectivity index is 1.82. The maximum Gasteiger partial charge on any atom is 0.263 e. The summed E-state index contributed by atoms with van der Waals surface area (Å²) in [5, 5.41) is 3.09. The average molecular weight is 273 g/mol. The van der Waals surface area contributed by atoms with Crippen molar-refractivity contribution in [2.45, 2.75) is 25.3 Å². The van der Waals surface area contributed by atoms with Crippen LogP contribution in [0, 0.1) is 0 Å². The number of rotatable bonds is 2. The summed E-state index contributed by atoms with van der Waals surface area (Å²) in [7, 11) is 0. The number of nitrogens with two attached hydrogens (primary N) is 1. The highest BCUT2D eigenvalue weighted by atomic mass is 32.1. The number of carbonyl (C=O) groups excluding carboxylic acids is 1. The molecular formula is C14H15N3OS. The number of anilines is 1. The van der Waals surface area contributed by atoms with Crippen molar-refractivity contribution in [2.24, 2.45) is 0 Å². The first-order valence-corrected chi connectivity index (χ1v) is 7.19. The largest absolute Gasteiger partial charge is 0.399 e. The first-order valence-electron chi connectivity index (χ1n) is 6.31. The van der Waals surface area contributed by atoms with Crippen molar-refractivity contribution in [2.75, 3.05) is 5.73 Å². The number of amides is 1. The predicted molar refractivity (Wildman–Crippen MR) is 76.1 cm³/mol. The zero-order valence-corrected chi connectivity index (χ0v) is 11.2. The third-order valence-electron chi connectivity index (χ3n) is 3.44. The molecule has 0 aliphatic heterocycles. The van der Waals surface area contributed by atoms with E-state index < -0.39 is 0 Å². The van der Waals surface area contributed by atoms with Crippen molar-refractivity contribution in [1.82, 2.24) is 10.3 Å². The molecule has 19 heavy (non-hydrogen) atoms. The summed E-state index contributed by atoms with van der Waals surface area (Å²) in [6, 6.07) is 6.02. The molecule has 1 aromatic carbocycles. The van der Waals surface area contributed by atoms with Crippen LogP contribution in [0.3, 0.4) is 0 Å². The van der Waals surface area contributed by atoms with E-state index in [2.05, 4.69) is 10.3 Å². The molecule has 3 N–H and O–H groups in total. The Labute approximate surface area is 115 Å². The molecule has 1 unspecified atom stereocenters.